The Hall–Kier alpha value is -1.24. The van der Waals surface area contributed by atoms with Crippen molar-refractivity contribution in [2.75, 3.05) is 13.1 Å². The average molecular weight is 587 g/mol. The van der Waals surface area contributed by atoms with E-state index < -0.39 is 0 Å². The van der Waals surface area contributed by atoms with E-state index in [0.29, 0.717) is 13.1 Å². The Morgan fingerprint density at radius 3 is 1.14 bits per heavy atom. The first kappa shape index (κ1) is 38.8. The van der Waals surface area contributed by atoms with Crippen molar-refractivity contribution in [1.82, 2.24) is 0 Å². The monoisotopic (exact) mass is 587 g/mol. The van der Waals surface area contributed by atoms with Gasteiger partial charge in [-0.3, -0.25) is 0 Å². The van der Waals surface area contributed by atoms with Crippen LogP contribution in [0.15, 0.2) is 9.98 Å². The van der Waals surface area contributed by atoms with E-state index in [1.54, 1.807) is 12.2 Å². The second-order valence-electron chi connectivity index (χ2n) is 13.6. The number of aliphatic imine (C=N–C) groups is 2. The second kappa shape index (κ2) is 29.8. The molecule has 0 N–H and O–H groups in total. The molecular formula is C38H70N2O2. The number of rotatable bonds is 30. The topological polar surface area (TPSA) is 58.9 Å². The van der Waals surface area contributed by atoms with Gasteiger partial charge in [0.25, 0.3) is 0 Å². The highest BCUT2D eigenvalue weighted by molar-refractivity contribution is 5.32. The Bertz CT molecular complexity index is 683. The molecule has 4 nitrogen and oxygen atoms in total. The van der Waals surface area contributed by atoms with E-state index in [1.165, 1.54) is 167 Å². The molecule has 0 radical (unpaired) electrons. The largest absolute Gasteiger partial charge is 0.234 e. The zero-order chi connectivity index (χ0) is 30.4. The van der Waals surface area contributed by atoms with E-state index in [1.807, 2.05) is 0 Å². The van der Waals surface area contributed by atoms with Crippen LogP contribution < -0.4 is 0 Å². The molecule has 0 unspecified atom stereocenters. The Morgan fingerprint density at radius 1 is 0.429 bits per heavy atom. The highest BCUT2D eigenvalue weighted by atomic mass is 16.1. The first-order chi connectivity index (χ1) is 20.8. The summed E-state index contributed by atoms with van der Waals surface area (Å²) in [6.45, 7) is 6.00. The minimum absolute atomic E-state index is 0.657. The minimum Gasteiger partial charge on any atom is -0.211 e. The highest BCUT2D eigenvalue weighted by Gasteiger charge is 2.37. The van der Waals surface area contributed by atoms with Crippen LogP contribution in [0.5, 0.6) is 0 Å². The quantitative estimate of drug-likeness (QED) is 0.0477. The van der Waals surface area contributed by atoms with Gasteiger partial charge in [0.15, 0.2) is 0 Å². The van der Waals surface area contributed by atoms with Crippen molar-refractivity contribution in [2.45, 2.75) is 194 Å². The summed E-state index contributed by atoms with van der Waals surface area (Å²) >= 11 is 0. The lowest BCUT2D eigenvalue weighted by atomic mass is 9.61. The fraction of sp³-hybridized carbons (Fsp3) is 0.947. The van der Waals surface area contributed by atoms with E-state index in [0.717, 1.165) is 36.5 Å². The van der Waals surface area contributed by atoms with Gasteiger partial charge in [-0.05, 0) is 62.2 Å². The zero-order valence-corrected chi connectivity index (χ0v) is 28.2. The van der Waals surface area contributed by atoms with Gasteiger partial charge in [-0.1, -0.05) is 155 Å². The molecule has 42 heavy (non-hydrogen) atoms. The third-order valence-corrected chi connectivity index (χ3v) is 10.3. The number of carbonyl (C=O) groups excluding carboxylic acids is 2. The van der Waals surface area contributed by atoms with Crippen LogP contribution in [0.4, 0.5) is 0 Å². The lowest BCUT2D eigenvalue weighted by Crippen LogP contribution is -2.35. The summed E-state index contributed by atoms with van der Waals surface area (Å²) in [5, 5.41) is 0. The maximum atomic E-state index is 10.2. The number of nitrogens with zero attached hydrogens (tertiary/aromatic N) is 2. The molecule has 0 bridgehead atoms. The molecule has 0 aromatic carbocycles. The average Bonchev–Trinajstić information content (AvgIpc) is 3.00. The van der Waals surface area contributed by atoms with E-state index >= 15 is 0 Å². The summed E-state index contributed by atoms with van der Waals surface area (Å²) < 4.78 is 0. The van der Waals surface area contributed by atoms with Gasteiger partial charge in [0, 0.05) is 0 Å². The van der Waals surface area contributed by atoms with Crippen molar-refractivity contribution in [2.24, 2.45) is 33.7 Å². The summed E-state index contributed by atoms with van der Waals surface area (Å²) in [6, 6.07) is 0. The number of unbranched alkanes of at least 4 members (excludes halogenated alkanes) is 18. The normalized spacial score (nSPS) is 20.2. The van der Waals surface area contributed by atoms with Crippen molar-refractivity contribution in [3.05, 3.63) is 0 Å². The van der Waals surface area contributed by atoms with Crippen LogP contribution in [0.25, 0.3) is 0 Å². The molecule has 1 rings (SSSR count). The number of hydrogen-bond acceptors (Lipinski definition) is 4. The smallest absolute Gasteiger partial charge is 0.211 e. The molecule has 0 aromatic rings. The van der Waals surface area contributed by atoms with Gasteiger partial charge < -0.3 is 0 Å². The van der Waals surface area contributed by atoms with E-state index in [9.17, 15) is 9.59 Å². The summed E-state index contributed by atoms with van der Waals surface area (Å²) in [5.41, 5.74) is 0. The molecule has 1 fully saturated rings. The molecule has 1 aliphatic rings. The van der Waals surface area contributed by atoms with Gasteiger partial charge in [-0.15, -0.1) is 0 Å². The molecule has 1 aliphatic carbocycles. The third kappa shape index (κ3) is 20.6. The lowest BCUT2D eigenvalue weighted by Gasteiger charge is -2.44. The van der Waals surface area contributed by atoms with Gasteiger partial charge in [0.1, 0.15) is 0 Å². The molecule has 4 heteroatoms. The summed E-state index contributed by atoms with van der Waals surface area (Å²) in [7, 11) is 0. The lowest BCUT2D eigenvalue weighted by molar-refractivity contribution is 0.0581. The molecule has 0 spiro atoms. The molecule has 4 atom stereocenters. The van der Waals surface area contributed by atoms with Gasteiger partial charge in [0.05, 0.1) is 13.1 Å². The van der Waals surface area contributed by atoms with Crippen molar-refractivity contribution in [1.29, 1.82) is 0 Å². The fourth-order valence-electron chi connectivity index (χ4n) is 7.84. The van der Waals surface area contributed by atoms with Gasteiger partial charge >= 0.3 is 0 Å². The van der Waals surface area contributed by atoms with Crippen LogP contribution in [0.1, 0.15) is 194 Å². The molecule has 1 saturated carbocycles. The van der Waals surface area contributed by atoms with Gasteiger partial charge in [0.2, 0.25) is 12.2 Å². The predicted molar refractivity (Wildman–Crippen MR) is 181 cm³/mol. The van der Waals surface area contributed by atoms with Gasteiger partial charge in [-0.2, -0.15) is 0 Å². The van der Waals surface area contributed by atoms with Crippen LogP contribution in [0, 0.1) is 23.7 Å². The van der Waals surface area contributed by atoms with Crippen LogP contribution in [-0.2, 0) is 9.59 Å². The first-order valence-electron chi connectivity index (χ1n) is 18.9. The van der Waals surface area contributed by atoms with Crippen molar-refractivity contribution >= 4 is 12.2 Å². The van der Waals surface area contributed by atoms with E-state index in [2.05, 4.69) is 23.8 Å². The van der Waals surface area contributed by atoms with Crippen molar-refractivity contribution in [3.63, 3.8) is 0 Å². The Morgan fingerprint density at radius 2 is 0.738 bits per heavy atom. The number of hydrogen-bond donors (Lipinski definition) is 0. The third-order valence-electron chi connectivity index (χ3n) is 10.3. The Balaban J connectivity index is 2.60. The molecular weight excluding hydrogens is 516 g/mol. The molecule has 0 heterocycles. The minimum atomic E-state index is 0.657. The molecule has 244 valence electrons. The van der Waals surface area contributed by atoms with E-state index in [-0.39, 0.29) is 0 Å². The van der Waals surface area contributed by atoms with Crippen molar-refractivity contribution < 1.29 is 9.59 Å². The van der Waals surface area contributed by atoms with E-state index in [4.69, 9.17) is 0 Å². The summed E-state index contributed by atoms with van der Waals surface area (Å²) in [6.07, 6.45) is 41.7. The van der Waals surface area contributed by atoms with Crippen LogP contribution in [0.3, 0.4) is 0 Å². The predicted octanol–water partition coefficient (Wildman–Crippen LogP) is 12.1. The summed E-state index contributed by atoms with van der Waals surface area (Å²) in [5.74, 6) is 3.90. The Labute approximate surface area is 261 Å². The second-order valence-corrected chi connectivity index (χ2v) is 13.6. The Kier molecular flexibility index (Phi) is 27.5. The SMILES string of the molecule is CCCCCCC[C@@H]1[C@H](CCCCC)CC[C@@H](CCCCCCCCCN=C=O)[C@@H]1CCCCCCCCCN=C=O. The standard InChI is InChI=1S/C38H70N2O2/c1-3-5-7-14-21-27-37-35(25-19-6-4-2)29-30-36(26-20-15-10-8-12-17-23-31-39-33-41)38(37)28-22-16-11-9-13-18-24-32-40-34-42/h35-38H,3-32H2,1-2H3/t35-,36-,37-,38+/m1/s1. The molecule has 0 aliphatic heterocycles. The van der Waals surface area contributed by atoms with Gasteiger partial charge in [-0.25, -0.2) is 19.6 Å². The van der Waals surface area contributed by atoms with Crippen molar-refractivity contribution in [3.8, 4) is 0 Å². The molecule has 0 saturated heterocycles. The van der Waals surface area contributed by atoms with Crippen LogP contribution in [-0.4, -0.2) is 25.2 Å². The highest BCUT2D eigenvalue weighted by Crippen LogP contribution is 2.47. The maximum Gasteiger partial charge on any atom is 0.234 e. The van der Waals surface area contributed by atoms with Crippen LogP contribution in [0.2, 0.25) is 0 Å². The fourth-order valence-corrected chi connectivity index (χ4v) is 7.84. The summed E-state index contributed by atoms with van der Waals surface area (Å²) in [4.78, 5) is 27.8. The molecule has 0 aromatic heterocycles. The maximum absolute atomic E-state index is 10.2. The van der Waals surface area contributed by atoms with Crippen LogP contribution >= 0.6 is 0 Å². The zero-order valence-electron chi connectivity index (χ0n) is 28.2. The number of isocyanates is 2. The first-order valence-corrected chi connectivity index (χ1v) is 18.9. The molecule has 0 amide bonds.